The lowest BCUT2D eigenvalue weighted by Gasteiger charge is -2.21. The molecule has 2 rings (SSSR count). The van der Waals surface area contributed by atoms with Gasteiger partial charge >= 0.3 is 5.97 Å². The van der Waals surface area contributed by atoms with Gasteiger partial charge in [0.15, 0.2) is 6.04 Å². The van der Waals surface area contributed by atoms with Crippen molar-refractivity contribution in [3.63, 3.8) is 0 Å². The largest absolute Gasteiger partial charge is 0.480 e. The van der Waals surface area contributed by atoms with Gasteiger partial charge in [0, 0.05) is 18.2 Å². The summed E-state index contributed by atoms with van der Waals surface area (Å²) >= 11 is 1.61. The van der Waals surface area contributed by atoms with Gasteiger partial charge in [0.25, 0.3) is 0 Å². The summed E-state index contributed by atoms with van der Waals surface area (Å²) in [7, 11) is 0. The summed E-state index contributed by atoms with van der Waals surface area (Å²) in [4.78, 5) is 14.9. The summed E-state index contributed by atoms with van der Waals surface area (Å²) in [5, 5.41) is 13.2. The van der Waals surface area contributed by atoms with Gasteiger partial charge in [-0.05, 0) is 19.4 Å². The fourth-order valence-corrected chi connectivity index (χ4v) is 2.99. The van der Waals surface area contributed by atoms with Crippen LogP contribution < -0.4 is 5.32 Å². The van der Waals surface area contributed by atoms with Crippen molar-refractivity contribution < 1.29 is 9.90 Å². The van der Waals surface area contributed by atoms with E-state index in [0.717, 1.165) is 24.6 Å². The fourth-order valence-electron chi connectivity index (χ4n) is 1.80. The third kappa shape index (κ3) is 2.09. The standard InChI is InChI=1S/C9H14N2O2S/c12-9(13)7-5-14-8(11-7)6-2-1-3-10-4-6/h6-7,10H,1-5H2,(H,12,13)/t6?,7-/m1/s1. The fraction of sp³-hybridized carbons (Fsp3) is 0.778. The second kappa shape index (κ2) is 4.31. The Labute approximate surface area is 87.2 Å². The molecule has 2 aliphatic rings. The highest BCUT2D eigenvalue weighted by Gasteiger charge is 2.29. The number of piperidine rings is 1. The minimum atomic E-state index is -0.795. The highest BCUT2D eigenvalue weighted by molar-refractivity contribution is 8.14. The van der Waals surface area contributed by atoms with Crippen molar-refractivity contribution in [2.24, 2.45) is 10.9 Å². The van der Waals surface area contributed by atoms with Gasteiger partial charge in [-0.1, -0.05) is 0 Å². The zero-order valence-electron chi connectivity index (χ0n) is 7.90. The molecular weight excluding hydrogens is 200 g/mol. The van der Waals surface area contributed by atoms with Gasteiger partial charge in [0.2, 0.25) is 0 Å². The predicted molar refractivity (Wildman–Crippen MR) is 56.9 cm³/mol. The van der Waals surface area contributed by atoms with Crippen LogP contribution in [0.2, 0.25) is 0 Å². The van der Waals surface area contributed by atoms with E-state index in [1.54, 1.807) is 11.8 Å². The van der Waals surface area contributed by atoms with E-state index in [0.29, 0.717) is 11.7 Å². The molecule has 2 N–H and O–H groups in total. The molecule has 2 atom stereocenters. The van der Waals surface area contributed by atoms with Crippen LogP contribution in [0.25, 0.3) is 0 Å². The van der Waals surface area contributed by atoms with Crippen LogP contribution in [0.3, 0.4) is 0 Å². The lowest BCUT2D eigenvalue weighted by Crippen LogP contribution is -2.33. The van der Waals surface area contributed by atoms with Gasteiger partial charge in [0.05, 0.1) is 5.04 Å². The van der Waals surface area contributed by atoms with E-state index >= 15 is 0 Å². The lowest BCUT2D eigenvalue weighted by molar-refractivity contribution is -0.137. The highest BCUT2D eigenvalue weighted by atomic mass is 32.2. The van der Waals surface area contributed by atoms with E-state index in [1.807, 2.05) is 0 Å². The van der Waals surface area contributed by atoms with E-state index < -0.39 is 12.0 Å². The van der Waals surface area contributed by atoms with Gasteiger partial charge in [0.1, 0.15) is 0 Å². The zero-order valence-corrected chi connectivity index (χ0v) is 8.72. The molecule has 2 aliphatic heterocycles. The number of rotatable bonds is 2. The summed E-state index contributed by atoms with van der Waals surface area (Å²) in [6, 6.07) is -0.503. The molecule has 0 aliphatic carbocycles. The first-order chi connectivity index (χ1) is 6.77. The highest BCUT2D eigenvalue weighted by Crippen LogP contribution is 2.26. The average Bonchev–Trinajstić information content (AvgIpc) is 2.68. The molecule has 1 fully saturated rings. The molecule has 0 saturated carbocycles. The number of aliphatic carboxylic acids is 1. The van der Waals surface area contributed by atoms with Crippen LogP contribution in [0.5, 0.6) is 0 Å². The maximum absolute atomic E-state index is 10.7. The molecule has 4 nitrogen and oxygen atoms in total. The summed E-state index contributed by atoms with van der Waals surface area (Å²) in [5.41, 5.74) is 0. The number of hydrogen-bond donors (Lipinski definition) is 2. The minimum absolute atomic E-state index is 0.457. The number of nitrogens with one attached hydrogen (secondary N) is 1. The van der Waals surface area contributed by atoms with Crippen molar-refractivity contribution in [1.29, 1.82) is 0 Å². The van der Waals surface area contributed by atoms with Crippen LogP contribution in [0.15, 0.2) is 4.99 Å². The van der Waals surface area contributed by atoms with Crippen molar-refractivity contribution in [2.45, 2.75) is 18.9 Å². The van der Waals surface area contributed by atoms with E-state index in [1.165, 1.54) is 6.42 Å². The molecular formula is C9H14N2O2S. The monoisotopic (exact) mass is 214 g/mol. The smallest absolute Gasteiger partial charge is 0.329 e. The lowest BCUT2D eigenvalue weighted by atomic mass is 10.0. The molecule has 1 saturated heterocycles. The van der Waals surface area contributed by atoms with E-state index in [4.69, 9.17) is 5.11 Å². The van der Waals surface area contributed by atoms with Crippen LogP contribution in [0.4, 0.5) is 0 Å². The number of aliphatic imine (C=N–C) groups is 1. The van der Waals surface area contributed by atoms with Crippen molar-refractivity contribution in [2.75, 3.05) is 18.8 Å². The second-order valence-corrected chi connectivity index (χ2v) is 4.72. The summed E-state index contributed by atoms with van der Waals surface area (Å²) < 4.78 is 0. The molecule has 0 amide bonds. The molecule has 0 bridgehead atoms. The SMILES string of the molecule is O=C(O)[C@H]1CSC(C2CCCNC2)=N1. The maximum atomic E-state index is 10.7. The van der Waals surface area contributed by atoms with Gasteiger partial charge in [-0.15, -0.1) is 11.8 Å². The molecule has 0 aromatic carbocycles. The first kappa shape index (κ1) is 9.98. The number of thioether (sulfide) groups is 1. The Hall–Kier alpha value is -0.550. The van der Waals surface area contributed by atoms with Crippen LogP contribution in [0, 0.1) is 5.92 Å². The maximum Gasteiger partial charge on any atom is 0.329 e. The summed E-state index contributed by atoms with van der Waals surface area (Å²) in [6.45, 7) is 2.04. The summed E-state index contributed by atoms with van der Waals surface area (Å²) in [5.74, 6) is 0.274. The average molecular weight is 214 g/mol. The van der Waals surface area contributed by atoms with Crippen LogP contribution in [0.1, 0.15) is 12.8 Å². The number of carbonyl (C=O) groups is 1. The Balaban J connectivity index is 1.97. The first-order valence-electron chi connectivity index (χ1n) is 4.91. The molecule has 2 heterocycles. The predicted octanol–water partition coefficient (Wildman–Crippen LogP) is 0.585. The van der Waals surface area contributed by atoms with E-state index in [9.17, 15) is 4.79 Å². The Morgan fingerprint density at radius 3 is 3.07 bits per heavy atom. The molecule has 0 aromatic rings. The normalized spacial score (nSPS) is 32.7. The van der Waals surface area contributed by atoms with Crippen LogP contribution in [-0.4, -0.2) is 41.0 Å². The van der Waals surface area contributed by atoms with Crippen LogP contribution >= 0.6 is 11.8 Å². The van der Waals surface area contributed by atoms with E-state index in [-0.39, 0.29) is 0 Å². The van der Waals surface area contributed by atoms with Crippen molar-refractivity contribution in [3.8, 4) is 0 Å². The molecule has 78 valence electrons. The Kier molecular flexibility index (Phi) is 3.08. The Morgan fingerprint density at radius 1 is 1.64 bits per heavy atom. The molecule has 1 unspecified atom stereocenters. The molecule has 5 heteroatoms. The van der Waals surface area contributed by atoms with Crippen LogP contribution in [-0.2, 0) is 4.79 Å². The molecule has 0 radical (unpaired) electrons. The number of carboxylic acid groups (broad SMARTS) is 1. The zero-order chi connectivity index (χ0) is 9.97. The molecule has 0 spiro atoms. The topological polar surface area (TPSA) is 61.7 Å². The number of carboxylic acids is 1. The van der Waals surface area contributed by atoms with Crippen molar-refractivity contribution >= 4 is 22.8 Å². The quantitative estimate of drug-likeness (QED) is 0.706. The Morgan fingerprint density at radius 2 is 2.50 bits per heavy atom. The van der Waals surface area contributed by atoms with Gasteiger partial charge in [-0.3, -0.25) is 4.99 Å². The Bertz CT molecular complexity index is 262. The van der Waals surface area contributed by atoms with Crippen molar-refractivity contribution in [1.82, 2.24) is 5.32 Å². The third-order valence-corrected chi connectivity index (χ3v) is 3.82. The molecule has 0 aromatic heterocycles. The number of hydrogen-bond acceptors (Lipinski definition) is 4. The first-order valence-corrected chi connectivity index (χ1v) is 5.90. The minimum Gasteiger partial charge on any atom is -0.480 e. The van der Waals surface area contributed by atoms with Gasteiger partial charge in [-0.2, -0.15) is 0 Å². The number of nitrogens with zero attached hydrogens (tertiary/aromatic N) is 1. The van der Waals surface area contributed by atoms with Crippen molar-refractivity contribution in [3.05, 3.63) is 0 Å². The third-order valence-electron chi connectivity index (χ3n) is 2.60. The summed E-state index contributed by atoms with van der Waals surface area (Å²) in [6.07, 6.45) is 2.31. The molecule has 14 heavy (non-hydrogen) atoms. The second-order valence-electron chi connectivity index (χ2n) is 3.68. The van der Waals surface area contributed by atoms with Gasteiger partial charge in [-0.25, -0.2) is 4.79 Å². The van der Waals surface area contributed by atoms with E-state index in [2.05, 4.69) is 10.3 Å². The van der Waals surface area contributed by atoms with Gasteiger partial charge < -0.3 is 10.4 Å².